The third-order valence-electron chi connectivity index (χ3n) is 3.39. The minimum Gasteiger partial charge on any atom is -0.374 e. The zero-order chi connectivity index (χ0) is 13.7. The molecule has 1 aromatic carbocycles. The molecular weight excluding hydrogens is 240 g/mol. The van der Waals surface area contributed by atoms with Gasteiger partial charge in [-0.2, -0.15) is 0 Å². The van der Waals surface area contributed by atoms with Crippen molar-refractivity contribution in [2.75, 3.05) is 26.2 Å². The Morgan fingerprint density at radius 3 is 3.05 bits per heavy atom. The third kappa shape index (κ3) is 4.33. The molecule has 1 atom stereocenters. The second kappa shape index (κ2) is 6.68. The number of hydrogen-bond donors (Lipinski definition) is 2. The van der Waals surface area contributed by atoms with E-state index in [-0.39, 0.29) is 12.0 Å². The summed E-state index contributed by atoms with van der Waals surface area (Å²) in [6.45, 7) is 7.09. The van der Waals surface area contributed by atoms with Gasteiger partial charge in [0, 0.05) is 19.6 Å². The number of rotatable bonds is 4. The Morgan fingerprint density at radius 1 is 1.47 bits per heavy atom. The molecule has 104 valence electrons. The molecule has 2 N–H and O–H groups in total. The zero-order valence-corrected chi connectivity index (χ0v) is 11.7. The maximum absolute atomic E-state index is 11.9. The van der Waals surface area contributed by atoms with Gasteiger partial charge in [-0.15, -0.1) is 0 Å². The smallest absolute Gasteiger partial charge is 0.224 e. The van der Waals surface area contributed by atoms with Gasteiger partial charge in [0.2, 0.25) is 5.91 Å². The molecule has 0 saturated carbocycles. The van der Waals surface area contributed by atoms with E-state index in [4.69, 9.17) is 4.74 Å². The molecule has 1 aliphatic heterocycles. The normalized spacial score (nSPS) is 19.2. The molecule has 19 heavy (non-hydrogen) atoms. The number of benzene rings is 1. The van der Waals surface area contributed by atoms with E-state index >= 15 is 0 Å². The van der Waals surface area contributed by atoms with Gasteiger partial charge in [-0.3, -0.25) is 4.79 Å². The number of amides is 1. The average molecular weight is 262 g/mol. The van der Waals surface area contributed by atoms with Crippen molar-refractivity contribution in [3.05, 3.63) is 34.9 Å². The topological polar surface area (TPSA) is 50.4 Å². The first kappa shape index (κ1) is 14.0. The van der Waals surface area contributed by atoms with Crippen molar-refractivity contribution in [3.63, 3.8) is 0 Å². The van der Waals surface area contributed by atoms with E-state index in [1.807, 2.05) is 13.8 Å². The van der Waals surface area contributed by atoms with Crippen molar-refractivity contribution in [2.24, 2.45) is 0 Å². The predicted molar refractivity (Wildman–Crippen MR) is 75.2 cm³/mol. The molecule has 1 saturated heterocycles. The van der Waals surface area contributed by atoms with Gasteiger partial charge in [-0.1, -0.05) is 23.8 Å². The quantitative estimate of drug-likeness (QED) is 0.849. The van der Waals surface area contributed by atoms with E-state index < -0.39 is 0 Å². The van der Waals surface area contributed by atoms with Gasteiger partial charge >= 0.3 is 0 Å². The van der Waals surface area contributed by atoms with Crippen LogP contribution in [0.2, 0.25) is 0 Å². The zero-order valence-electron chi connectivity index (χ0n) is 11.7. The van der Waals surface area contributed by atoms with Crippen molar-refractivity contribution in [1.82, 2.24) is 10.6 Å². The van der Waals surface area contributed by atoms with E-state index in [9.17, 15) is 4.79 Å². The van der Waals surface area contributed by atoms with Gasteiger partial charge in [0.15, 0.2) is 0 Å². The number of carbonyl (C=O) groups is 1. The minimum atomic E-state index is 0.0582. The molecule has 0 bridgehead atoms. The van der Waals surface area contributed by atoms with Crippen LogP contribution >= 0.6 is 0 Å². The molecule has 1 aliphatic rings. The van der Waals surface area contributed by atoms with E-state index in [2.05, 4.69) is 28.8 Å². The van der Waals surface area contributed by atoms with Crippen LogP contribution in [0.1, 0.15) is 16.7 Å². The summed E-state index contributed by atoms with van der Waals surface area (Å²) in [4.78, 5) is 11.9. The lowest BCUT2D eigenvalue weighted by Gasteiger charge is -2.23. The highest BCUT2D eigenvalue weighted by molar-refractivity contribution is 5.79. The van der Waals surface area contributed by atoms with Gasteiger partial charge in [0.1, 0.15) is 0 Å². The van der Waals surface area contributed by atoms with Gasteiger partial charge in [0.05, 0.1) is 19.1 Å². The lowest BCUT2D eigenvalue weighted by Crippen LogP contribution is -2.45. The second-order valence-electron chi connectivity index (χ2n) is 5.11. The Labute approximate surface area is 114 Å². The van der Waals surface area contributed by atoms with Crippen LogP contribution in [-0.4, -0.2) is 38.3 Å². The van der Waals surface area contributed by atoms with Crippen LogP contribution < -0.4 is 10.6 Å². The molecule has 4 heteroatoms. The number of nitrogens with one attached hydrogen (secondary N) is 2. The van der Waals surface area contributed by atoms with Gasteiger partial charge in [-0.05, 0) is 25.0 Å². The van der Waals surface area contributed by atoms with E-state index in [0.29, 0.717) is 13.0 Å². The standard InChI is InChI=1S/C15H22N2O2/c1-11-3-4-12(2)13(7-11)8-15(18)17-10-14-9-16-5-6-19-14/h3-4,7,14,16H,5-6,8-10H2,1-2H3,(H,17,18). The molecule has 0 aromatic heterocycles. The number of morpholine rings is 1. The van der Waals surface area contributed by atoms with Crippen LogP contribution in [0.3, 0.4) is 0 Å². The number of aryl methyl sites for hydroxylation is 2. The molecule has 4 nitrogen and oxygen atoms in total. The highest BCUT2D eigenvalue weighted by atomic mass is 16.5. The Hall–Kier alpha value is -1.39. The van der Waals surface area contributed by atoms with E-state index in [1.54, 1.807) is 0 Å². The summed E-state index contributed by atoms with van der Waals surface area (Å²) >= 11 is 0. The SMILES string of the molecule is Cc1ccc(C)c(CC(=O)NCC2CNCCO2)c1. The summed E-state index contributed by atoms with van der Waals surface area (Å²) < 4.78 is 5.54. The Balaban J connectivity index is 1.81. The Kier molecular flexibility index (Phi) is 4.93. The Bertz CT molecular complexity index is 440. The van der Waals surface area contributed by atoms with Gasteiger partial charge in [-0.25, -0.2) is 0 Å². The lowest BCUT2D eigenvalue weighted by atomic mass is 10.0. The summed E-state index contributed by atoms with van der Waals surface area (Å²) in [6.07, 6.45) is 0.532. The first-order valence-corrected chi connectivity index (χ1v) is 6.80. The third-order valence-corrected chi connectivity index (χ3v) is 3.39. The summed E-state index contributed by atoms with van der Waals surface area (Å²) in [5.41, 5.74) is 3.45. The second-order valence-corrected chi connectivity index (χ2v) is 5.11. The van der Waals surface area contributed by atoms with Crippen molar-refractivity contribution >= 4 is 5.91 Å². The first-order valence-electron chi connectivity index (χ1n) is 6.80. The van der Waals surface area contributed by atoms with Crippen molar-refractivity contribution in [2.45, 2.75) is 26.4 Å². The van der Waals surface area contributed by atoms with Crippen LogP contribution in [0.15, 0.2) is 18.2 Å². The van der Waals surface area contributed by atoms with Crippen LogP contribution in [0.5, 0.6) is 0 Å². The molecule has 1 unspecified atom stereocenters. The predicted octanol–water partition coefficient (Wildman–Crippen LogP) is 0.951. The summed E-state index contributed by atoms with van der Waals surface area (Å²) in [6, 6.07) is 6.21. The molecule has 0 aliphatic carbocycles. The van der Waals surface area contributed by atoms with E-state index in [1.165, 1.54) is 5.56 Å². The molecule has 1 heterocycles. The van der Waals surface area contributed by atoms with Crippen LogP contribution in [0.25, 0.3) is 0 Å². The average Bonchev–Trinajstić information content (AvgIpc) is 2.42. The molecule has 1 amide bonds. The maximum atomic E-state index is 11.9. The number of ether oxygens (including phenoxy) is 1. The largest absolute Gasteiger partial charge is 0.374 e. The van der Waals surface area contributed by atoms with Crippen molar-refractivity contribution in [1.29, 1.82) is 0 Å². The van der Waals surface area contributed by atoms with Crippen LogP contribution in [0, 0.1) is 13.8 Å². The number of hydrogen-bond acceptors (Lipinski definition) is 3. The van der Waals surface area contributed by atoms with E-state index in [0.717, 1.165) is 30.8 Å². The molecule has 1 aromatic rings. The molecule has 0 spiro atoms. The highest BCUT2D eigenvalue weighted by Gasteiger charge is 2.14. The monoisotopic (exact) mass is 262 g/mol. The fourth-order valence-electron chi connectivity index (χ4n) is 2.20. The van der Waals surface area contributed by atoms with Crippen LogP contribution in [-0.2, 0) is 16.0 Å². The molecular formula is C15H22N2O2. The van der Waals surface area contributed by atoms with Gasteiger partial charge in [0.25, 0.3) is 0 Å². The molecule has 1 fully saturated rings. The minimum absolute atomic E-state index is 0.0582. The highest BCUT2D eigenvalue weighted by Crippen LogP contribution is 2.11. The number of carbonyl (C=O) groups excluding carboxylic acids is 1. The van der Waals surface area contributed by atoms with Gasteiger partial charge < -0.3 is 15.4 Å². The fourth-order valence-corrected chi connectivity index (χ4v) is 2.20. The molecule has 0 radical (unpaired) electrons. The lowest BCUT2D eigenvalue weighted by molar-refractivity contribution is -0.121. The summed E-state index contributed by atoms with van der Waals surface area (Å²) in [7, 11) is 0. The first-order chi connectivity index (χ1) is 9.15. The molecule has 2 rings (SSSR count). The Morgan fingerprint density at radius 2 is 2.32 bits per heavy atom. The van der Waals surface area contributed by atoms with Crippen molar-refractivity contribution < 1.29 is 9.53 Å². The summed E-state index contributed by atoms with van der Waals surface area (Å²) in [5, 5.41) is 6.19. The summed E-state index contributed by atoms with van der Waals surface area (Å²) in [5.74, 6) is 0.0582. The fraction of sp³-hybridized carbons (Fsp3) is 0.533. The van der Waals surface area contributed by atoms with Crippen molar-refractivity contribution in [3.8, 4) is 0 Å². The maximum Gasteiger partial charge on any atom is 0.224 e. The van der Waals surface area contributed by atoms with Crippen LogP contribution in [0.4, 0.5) is 0 Å².